The van der Waals surface area contributed by atoms with E-state index >= 15 is 0 Å². The van der Waals surface area contributed by atoms with Gasteiger partial charge in [-0.1, -0.05) is 29.8 Å². The third-order valence-electron chi connectivity index (χ3n) is 6.11. The summed E-state index contributed by atoms with van der Waals surface area (Å²) in [6, 6.07) is 12.7. The van der Waals surface area contributed by atoms with Gasteiger partial charge in [-0.25, -0.2) is 8.78 Å². The second kappa shape index (κ2) is 8.64. The fourth-order valence-corrected chi connectivity index (χ4v) is 4.41. The van der Waals surface area contributed by atoms with E-state index < -0.39 is 17.3 Å². The van der Waals surface area contributed by atoms with Gasteiger partial charge in [0.15, 0.2) is 0 Å². The Labute approximate surface area is 189 Å². The first kappa shape index (κ1) is 22.4. The second-order valence-electron chi connectivity index (χ2n) is 8.36. The summed E-state index contributed by atoms with van der Waals surface area (Å²) in [5, 5.41) is 0.988. The molecule has 32 heavy (non-hydrogen) atoms. The van der Waals surface area contributed by atoms with Crippen molar-refractivity contribution in [2.45, 2.75) is 31.7 Å². The van der Waals surface area contributed by atoms with Crippen LogP contribution in [0.25, 0.3) is 10.9 Å². The highest BCUT2D eigenvalue weighted by molar-refractivity contribution is 6.30. The van der Waals surface area contributed by atoms with E-state index in [0.717, 1.165) is 11.1 Å². The summed E-state index contributed by atoms with van der Waals surface area (Å²) in [6.07, 6.45) is 0.0192. The summed E-state index contributed by atoms with van der Waals surface area (Å²) in [6.45, 7) is 1.07. The molecular weight excluding hydrogens is 436 g/mol. The molecule has 168 valence electrons. The highest BCUT2D eigenvalue weighted by Gasteiger charge is 2.33. The Morgan fingerprint density at radius 1 is 1.09 bits per heavy atom. The molecule has 1 fully saturated rings. The SMILES string of the molecule is Cn1c(Cc2ccc(Cl)cc2)c(C(N)=O)c(=O)c2cc(CN3CCC(F)(F)CC3)ccc21. The molecule has 0 bridgehead atoms. The first-order valence-corrected chi connectivity index (χ1v) is 10.8. The van der Waals surface area contributed by atoms with Crippen molar-refractivity contribution in [3.63, 3.8) is 0 Å². The monoisotopic (exact) mass is 459 g/mol. The number of aromatic nitrogens is 1. The lowest BCUT2D eigenvalue weighted by Crippen LogP contribution is -2.38. The van der Waals surface area contributed by atoms with Gasteiger partial charge in [-0.05, 0) is 35.4 Å². The molecular formula is C24H24ClF2N3O2. The Balaban J connectivity index is 1.72. The smallest absolute Gasteiger partial charge is 0.254 e. The lowest BCUT2D eigenvalue weighted by atomic mass is 9.99. The molecule has 0 radical (unpaired) electrons. The maximum atomic E-state index is 13.4. The van der Waals surface area contributed by atoms with Crippen LogP contribution in [-0.2, 0) is 20.0 Å². The third kappa shape index (κ3) is 4.54. The molecule has 1 amide bonds. The second-order valence-corrected chi connectivity index (χ2v) is 8.80. The summed E-state index contributed by atoms with van der Waals surface area (Å²) in [5.41, 5.74) is 8.10. The van der Waals surface area contributed by atoms with E-state index in [1.165, 1.54) is 0 Å². The number of alkyl halides is 2. The Hall–Kier alpha value is -2.77. The predicted octanol–water partition coefficient (Wildman–Crippen LogP) is 4.11. The molecule has 4 rings (SSSR count). The number of halogens is 3. The van der Waals surface area contributed by atoms with Gasteiger partial charge >= 0.3 is 0 Å². The van der Waals surface area contributed by atoms with Crippen molar-refractivity contribution in [2.75, 3.05) is 13.1 Å². The van der Waals surface area contributed by atoms with Crippen LogP contribution in [0, 0.1) is 0 Å². The maximum Gasteiger partial charge on any atom is 0.254 e. The molecule has 1 aromatic heterocycles. The van der Waals surface area contributed by atoms with Gasteiger partial charge in [-0.15, -0.1) is 0 Å². The molecule has 2 heterocycles. The molecule has 0 saturated carbocycles. The van der Waals surface area contributed by atoms with Gasteiger partial charge in [0.2, 0.25) is 5.43 Å². The molecule has 2 aromatic carbocycles. The molecule has 0 unspecified atom stereocenters. The maximum absolute atomic E-state index is 13.4. The minimum atomic E-state index is -2.60. The van der Waals surface area contributed by atoms with E-state index in [2.05, 4.69) is 0 Å². The Morgan fingerprint density at radius 2 is 1.72 bits per heavy atom. The van der Waals surface area contributed by atoms with Crippen LogP contribution in [-0.4, -0.2) is 34.4 Å². The van der Waals surface area contributed by atoms with Crippen LogP contribution < -0.4 is 11.2 Å². The minimum absolute atomic E-state index is 0.0373. The first-order chi connectivity index (χ1) is 15.1. The van der Waals surface area contributed by atoms with E-state index in [4.69, 9.17) is 17.3 Å². The molecule has 0 atom stereocenters. The van der Waals surface area contributed by atoms with Gasteiger partial charge in [0, 0.05) is 62.0 Å². The molecule has 1 aliphatic heterocycles. The number of nitrogens with two attached hydrogens (primary N) is 1. The molecule has 0 spiro atoms. The van der Waals surface area contributed by atoms with Crippen LogP contribution in [0.3, 0.4) is 0 Å². The predicted molar refractivity (Wildman–Crippen MR) is 121 cm³/mol. The molecule has 0 aliphatic carbocycles. The standard InChI is InChI=1S/C24H24ClF2N3O2/c1-29-19-7-4-16(14-30-10-8-24(26,27)9-11-30)12-18(19)22(31)21(23(28)32)20(29)13-15-2-5-17(25)6-3-15/h2-7,12H,8-11,13-14H2,1H3,(H2,28,32). The Morgan fingerprint density at radius 3 is 2.34 bits per heavy atom. The average molecular weight is 460 g/mol. The summed E-state index contributed by atoms with van der Waals surface area (Å²) in [5.74, 6) is -3.38. The van der Waals surface area contributed by atoms with E-state index in [1.807, 2.05) is 33.7 Å². The lowest BCUT2D eigenvalue weighted by molar-refractivity contribution is -0.0566. The van der Waals surface area contributed by atoms with Crippen LogP contribution in [0.15, 0.2) is 47.3 Å². The molecule has 8 heteroatoms. The third-order valence-corrected chi connectivity index (χ3v) is 6.36. The number of carbonyl (C=O) groups is 1. The van der Waals surface area contributed by atoms with Crippen LogP contribution in [0.1, 0.15) is 40.0 Å². The molecule has 3 aromatic rings. The van der Waals surface area contributed by atoms with E-state index in [9.17, 15) is 18.4 Å². The van der Waals surface area contributed by atoms with E-state index in [-0.39, 0.29) is 18.4 Å². The van der Waals surface area contributed by atoms with Crippen molar-refractivity contribution in [3.8, 4) is 0 Å². The largest absolute Gasteiger partial charge is 0.365 e. The van der Waals surface area contributed by atoms with Crippen LogP contribution >= 0.6 is 11.6 Å². The number of primary amides is 1. The van der Waals surface area contributed by atoms with Gasteiger partial charge in [-0.3, -0.25) is 14.5 Å². The fourth-order valence-electron chi connectivity index (χ4n) is 4.29. The number of likely N-dealkylation sites (tertiary alicyclic amines) is 1. The molecule has 1 saturated heterocycles. The van der Waals surface area contributed by atoms with E-state index in [1.54, 1.807) is 25.2 Å². The number of hydrogen-bond donors (Lipinski definition) is 1. The number of aryl methyl sites for hydroxylation is 1. The number of fused-ring (bicyclic) bond motifs is 1. The summed E-state index contributed by atoms with van der Waals surface area (Å²) in [4.78, 5) is 27.5. The van der Waals surface area contributed by atoms with Gasteiger partial charge in [0.25, 0.3) is 11.8 Å². The van der Waals surface area contributed by atoms with Crippen LogP contribution in [0.5, 0.6) is 0 Å². The normalized spacial score (nSPS) is 16.4. The van der Waals surface area contributed by atoms with Gasteiger partial charge in [-0.2, -0.15) is 0 Å². The first-order valence-electron chi connectivity index (χ1n) is 10.4. The zero-order valence-corrected chi connectivity index (χ0v) is 18.5. The molecule has 2 N–H and O–H groups in total. The number of nitrogens with zero attached hydrogens (tertiary/aromatic N) is 2. The number of pyridine rings is 1. The number of hydrogen-bond acceptors (Lipinski definition) is 3. The molecule has 5 nitrogen and oxygen atoms in total. The molecule has 1 aliphatic rings. The number of piperidine rings is 1. The quantitative estimate of drug-likeness (QED) is 0.624. The van der Waals surface area contributed by atoms with Crippen molar-refractivity contribution in [2.24, 2.45) is 12.8 Å². The zero-order valence-electron chi connectivity index (χ0n) is 17.7. The average Bonchev–Trinajstić information content (AvgIpc) is 2.74. The fraction of sp³-hybridized carbons (Fsp3) is 0.333. The summed E-state index contributed by atoms with van der Waals surface area (Å²) < 4.78 is 28.7. The summed E-state index contributed by atoms with van der Waals surface area (Å²) in [7, 11) is 1.80. The van der Waals surface area contributed by atoms with Crippen LogP contribution in [0.2, 0.25) is 5.02 Å². The van der Waals surface area contributed by atoms with Crippen molar-refractivity contribution in [1.29, 1.82) is 0 Å². The highest BCUT2D eigenvalue weighted by atomic mass is 35.5. The minimum Gasteiger partial charge on any atom is -0.365 e. The van der Waals surface area contributed by atoms with Crippen molar-refractivity contribution in [3.05, 3.63) is 80.1 Å². The van der Waals surface area contributed by atoms with Crippen LogP contribution in [0.4, 0.5) is 8.78 Å². The van der Waals surface area contributed by atoms with Crippen molar-refractivity contribution < 1.29 is 13.6 Å². The number of amides is 1. The van der Waals surface area contributed by atoms with Gasteiger partial charge < -0.3 is 10.3 Å². The van der Waals surface area contributed by atoms with Gasteiger partial charge in [0.1, 0.15) is 5.56 Å². The van der Waals surface area contributed by atoms with Gasteiger partial charge in [0.05, 0.1) is 5.52 Å². The summed E-state index contributed by atoms with van der Waals surface area (Å²) >= 11 is 5.96. The van der Waals surface area contributed by atoms with E-state index in [0.29, 0.717) is 47.7 Å². The number of benzene rings is 2. The topological polar surface area (TPSA) is 68.3 Å². The number of rotatable bonds is 5. The number of carbonyl (C=O) groups excluding carboxylic acids is 1. The van der Waals surface area contributed by atoms with Crippen molar-refractivity contribution in [1.82, 2.24) is 9.47 Å². The highest BCUT2D eigenvalue weighted by Crippen LogP contribution is 2.29. The Kier molecular flexibility index (Phi) is 6.05. The van der Waals surface area contributed by atoms with Crippen molar-refractivity contribution >= 4 is 28.4 Å². The Bertz CT molecular complexity index is 1230. The lowest BCUT2D eigenvalue weighted by Gasteiger charge is -2.31. The zero-order chi connectivity index (χ0) is 23.0.